The van der Waals surface area contributed by atoms with Gasteiger partial charge in [0, 0.05) is 16.8 Å². The highest BCUT2D eigenvalue weighted by Gasteiger charge is 2.26. The quantitative estimate of drug-likeness (QED) is 0.922. The molecule has 0 radical (unpaired) electrons. The van der Waals surface area contributed by atoms with Crippen LogP contribution < -0.4 is 0 Å². The van der Waals surface area contributed by atoms with E-state index in [9.17, 15) is 9.59 Å². The molecule has 1 unspecified atom stereocenters. The average Bonchev–Trinajstić information content (AvgIpc) is 2.77. The van der Waals surface area contributed by atoms with Crippen LogP contribution >= 0.6 is 11.3 Å². The Hall–Kier alpha value is -1.36. The molecule has 5 heteroatoms. The molecule has 19 heavy (non-hydrogen) atoms. The molecule has 1 heterocycles. The molecule has 0 aromatic carbocycles. The van der Waals surface area contributed by atoms with Crippen molar-refractivity contribution in [1.29, 1.82) is 0 Å². The molecular formula is C14H19NO3S. The number of carbonyl (C=O) groups is 2. The Morgan fingerprint density at radius 1 is 1.53 bits per heavy atom. The number of hydrogen-bond donors (Lipinski definition) is 1. The third-order valence-corrected chi connectivity index (χ3v) is 4.68. The molecule has 1 N–H and O–H groups in total. The maximum atomic E-state index is 12.4. The Morgan fingerprint density at radius 3 is 2.89 bits per heavy atom. The zero-order valence-electron chi connectivity index (χ0n) is 11.3. The van der Waals surface area contributed by atoms with Crippen molar-refractivity contribution < 1.29 is 14.7 Å². The summed E-state index contributed by atoms with van der Waals surface area (Å²) in [4.78, 5) is 25.9. The molecule has 104 valence electrons. The standard InChI is InChI=1S/C14H19NO3S/c1-3-15(7-13(16)17)14(18)11-8-19-12-6-9(2)4-5-10(11)12/h8-9H,3-7H2,1-2H3,(H,16,17). The summed E-state index contributed by atoms with van der Waals surface area (Å²) in [6.45, 7) is 4.23. The Balaban J connectivity index is 2.22. The third kappa shape index (κ3) is 2.97. The number of carboxylic acids is 1. The molecule has 1 aromatic heterocycles. The number of carbonyl (C=O) groups excluding carboxylic acids is 1. The topological polar surface area (TPSA) is 57.6 Å². The highest BCUT2D eigenvalue weighted by molar-refractivity contribution is 7.10. The van der Waals surface area contributed by atoms with Gasteiger partial charge in [0.1, 0.15) is 6.54 Å². The van der Waals surface area contributed by atoms with E-state index in [4.69, 9.17) is 5.11 Å². The van der Waals surface area contributed by atoms with Crippen LogP contribution in [0.25, 0.3) is 0 Å². The molecular weight excluding hydrogens is 262 g/mol. The van der Waals surface area contributed by atoms with Crippen molar-refractivity contribution >= 4 is 23.2 Å². The summed E-state index contributed by atoms with van der Waals surface area (Å²) < 4.78 is 0. The molecule has 0 aliphatic heterocycles. The predicted molar refractivity (Wildman–Crippen MR) is 74.7 cm³/mol. The van der Waals surface area contributed by atoms with Gasteiger partial charge in [-0.25, -0.2) is 0 Å². The fourth-order valence-electron chi connectivity index (χ4n) is 2.52. The van der Waals surface area contributed by atoms with Crippen molar-refractivity contribution in [1.82, 2.24) is 4.90 Å². The van der Waals surface area contributed by atoms with Crippen LogP contribution in [0.2, 0.25) is 0 Å². The first kappa shape index (κ1) is 14.1. The second kappa shape index (κ2) is 5.74. The van der Waals surface area contributed by atoms with Crippen LogP contribution in [0.1, 0.15) is 41.1 Å². The van der Waals surface area contributed by atoms with E-state index in [0.717, 1.165) is 30.4 Å². The van der Waals surface area contributed by atoms with E-state index in [0.29, 0.717) is 12.5 Å². The fourth-order valence-corrected chi connectivity index (χ4v) is 3.76. The summed E-state index contributed by atoms with van der Waals surface area (Å²) in [6.07, 6.45) is 3.08. The van der Waals surface area contributed by atoms with Gasteiger partial charge >= 0.3 is 5.97 Å². The van der Waals surface area contributed by atoms with Crippen LogP contribution in [0.5, 0.6) is 0 Å². The van der Waals surface area contributed by atoms with E-state index in [1.165, 1.54) is 9.78 Å². The number of hydrogen-bond acceptors (Lipinski definition) is 3. The van der Waals surface area contributed by atoms with Crippen molar-refractivity contribution in [3.63, 3.8) is 0 Å². The minimum Gasteiger partial charge on any atom is -0.480 e. The Bertz CT molecular complexity index is 495. The van der Waals surface area contributed by atoms with E-state index in [2.05, 4.69) is 6.92 Å². The van der Waals surface area contributed by atoms with E-state index < -0.39 is 5.97 Å². The number of carboxylic acid groups (broad SMARTS) is 1. The summed E-state index contributed by atoms with van der Waals surface area (Å²) >= 11 is 1.64. The van der Waals surface area contributed by atoms with Gasteiger partial charge in [0.15, 0.2) is 0 Å². The van der Waals surface area contributed by atoms with Crippen molar-refractivity contribution in [2.75, 3.05) is 13.1 Å². The summed E-state index contributed by atoms with van der Waals surface area (Å²) in [5, 5.41) is 10.7. The summed E-state index contributed by atoms with van der Waals surface area (Å²) in [6, 6.07) is 0. The van der Waals surface area contributed by atoms with Gasteiger partial charge in [-0.1, -0.05) is 6.92 Å². The molecule has 1 aliphatic rings. The first-order valence-electron chi connectivity index (χ1n) is 6.63. The molecule has 0 spiro atoms. The molecule has 1 atom stereocenters. The lowest BCUT2D eigenvalue weighted by atomic mass is 9.88. The second-order valence-corrected chi connectivity index (χ2v) is 6.08. The van der Waals surface area contributed by atoms with E-state index in [1.807, 2.05) is 12.3 Å². The van der Waals surface area contributed by atoms with Crippen LogP contribution in [0, 0.1) is 5.92 Å². The summed E-state index contributed by atoms with van der Waals surface area (Å²) in [5.41, 5.74) is 1.87. The Morgan fingerprint density at radius 2 is 2.26 bits per heavy atom. The summed E-state index contributed by atoms with van der Waals surface area (Å²) in [7, 11) is 0. The molecule has 0 bridgehead atoms. The summed E-state index contributed by atoms with van der Waals surface area (Å²) in [5.74, 6) is -0.430. The van der Waals surface area contributed by atoms with Gasteiger partial charge in [0.2, 0.25) is 0 Å². The van der Waals surface area contributed by atoms with E-state index >= 15 is 0 Å². The molecule has 2 rings (SSSR count). The minimum atomic E-state index is -0.965. The molecule has 1 aliphatic carbocycles. The molecule has 0 saturated heterocycles. The van der Waals surface area contributed by atoms with Crippen molar-refractivity contribution in [3.8, 4) is 0 Å². The van der Waals surface area contributed by atoms with Crippen molar-refractivity contribution in [3.05, 3.63) is 21.4 Å². The monoisotopic (exact) mass is 281 g/mol. The van der Waals surface area contributed by atoms with Crippen LogP contribution in [-0.2, 0) is 17.6 Å². The second-order valence-electron chi connectivity index (χ2n) is 5.11. The van der Waals surface area contributed by atoms with Crippen LogP contribution in [0.4, 0.5) is 0 Å². The lowest BCUT2D eigenvalue weighted by Gasteiger charge is -2.22. The largest absolute Gasteiger partial charge is 0.480 e. The number of amides is 1. The van der Waals surface area contributed by atoms with Gasteiger partial charge in [0.05, 0.1) is 5.56 Å². The maximum absolute atomic E-state index is 12.4. The molecule has 0 saturated carbocycles. The first-order valence-corrected chi connectivity index (χ1v) is 7.51. The number of fused-ring (bicyclic) bond motifs is 1. The highest BCUT2D eigenvalue weighted by Crippen LogP contribution is 2.33. The van der Waals surface area contributed by atoms with Gasteiger partial charge in [-0.05, 0) is 37.7 Å². The van der Waals surface area contributed by atoms with E-state index in [-0.39, 0.29) is 12.5 Å². The van der Waals surface area contributed by atoms with Gasteiger partial charge < -0.3 is 10.0 Å². The lowest BCUT2D eigenvalue weighted by molar-refractivity contribution is -0.137. The Labute approximate surface area is 117 Å². The van der Waals surface area contributed by atoms with Crippen LogP contribution in [0.3, 0.4) is 0 Å². The minimum absolute atomic E-state index is 0.142. The van der Waals surface area contributed by atoms with Crippen molar-refractivity contribution in [2.45, 2.75) is 33.1 Å². The number of aliphatic carboxylic acids is 1. The highest BCUT2D eigenvalue weighted by atomic mass is 32.1. The number of likely N-dealkylation sites (N-methyl/N-ethyl adjacent to an activating group) is 1. The molecule has 0 fully saturated rings. The molecule has 1 amide bonds. The van der Waals surface area contributed by atoms with Crippen molar-refractivity contribution in [2.24, 2.45) is 5.92 Å². The van der Waals surface area contributed by atoms with Gasteiger partial charge in [-0.15, -0.1) is 11.3 Å². The van der Waals surface area contributed by atoms with Gasteiger partial charge in [-0.2, -0.15) is 0 Å². The maximum Gasteiger partial charge on any atom is 0.323 e. The van der Waals surface area contributed by atoms with Gasteiger partial charge in [0.25, 0.3) is 5.91 Å². The third-order valence-electron chi connectivity index (χ3n) is 3.63. The zero-order chi connectivity index (χ0) is 14.0. The fraction of sp³-hybridized carbons (Fsp3) is 0.571. The van der Waals surface area contributed by atoms with Crippen LogP contribution in [-0.4, -0.2) is 35.0 Å². The average molecular weight is 281 g/mol. The number of thiophene rings is 1. The first-order chi connectivity index (χ1) is 9.02. The molecule has 1 aromatic rings. The SMILES string of the molecule is CCN(CC(=O)O)C(=O)c1csc2c1CCC(C)C2. The number of nitrogens with zero attached hydrogens (tertiary/aromatic N) is 1. The molecule has 4 nitrogen and oxygen atoms in total. The Kier molecular flexibility index (Phi) is 4.24. The zero-order valence-corrected chi connectivity index (χ0v) is 12.1. The van der Waals surface area contributed by atoms with E-state index in [1.54, 1.807) is 11.3 Å². The predicted octanol–water partition coefficient (Wildman–Crippen LogP) is 2.42. The van der Waals surface area contributed by atoms with Gasteiger partial charge in [-0.3, -0.25) is 9.59 Å². The normalized spacial score (nSPS) is 17.9. The lowest BCUT2D eigenvalue weighted by Crippen LogP contribution is -2.35. The van der Waals surface area contributed by atoms with Crippen LogP contribution in [0.15, 0.2) is 5.38 Å². The number of rotatable bonds is 4. The smallest absolute Gasteiger partial charge is 0.323 e.